The van der Waals surface area contributed by atoms with Gasteiger partial charge in [0, 0.05) is 16.6 Å². The molecular formula is C12H10BrNOS. The van der Waals surface area contributed by atoms with Gasteiger partial charge in [0.05, 0.1) is 4.88 Å². The lowest BCUT2D eigenvalue weighted by molar-refractivity contribution is 0.0996. The Kier molecular flexibility index (Phi) is 3.41. The maximum Gasteiger partial charge on any atom is 0.178 e. The molecule has 82 valence electrons. The molecule has 0 bridgehead atoms. The predicted molar refractivity (Wildman–Crippen MR) is 70.9 cm³/mol. The molecule has 0 fully saturated rings. The van der Waals surface area contributed by atoms with E-state index in [1.807, 2.05) is 35.7 Å². The van der Waals surface area contributed by atoms with Crippen LogP contribution in [0.2, 0.25) is 0 Å². The van der Waals surface area contributed by atoms with Crippen LogP contribution >= 0.6 is 27.3 Å². The Morgan fingerprint density at radius 3 is 2.69 bits per heavy atom. The predicted octanol–water partition coefficient (Wildman–Crippen LogP) is 3.52. The number of rotatable bonds is 3. The smallest absolute Gasteiger partial charge is 0.178 e. The Morgan fingerprint density at radius 2 is 2.06 bits per heavy atom. The molecule has 0 aliphatic rings. The van der Waals surface area contributed by atoms with Crippen LogP contribution in [0.4, 0.5) is 5.69 Å². The van der Waals surface area contributed by atoms with Crippen molar-refractivity contribution in [1.82, 2.24) is 0 Å². The standard InChI is InChI=1S/C12H10BrNOS/c13-9-5-6-16-12(9)11(15)7-8-3-1-2-4-10(8)14/h1-6H,7,14H2. The molecule has 1 heterocycles. The van der Waals surface area contributed by atoms with Crippen LogP contribution in [0.25, 0.3) is 0 Å². The second kappa shape index (κ2) is 4.80. The van der Waals surface area contributed by atoms with Crippen LogP contribution in [0.5, 0.6) is 0 Å². The first kappa shape index (κ1) is 11.4. The highest BCUT2D eigenvalue weighted by Gasteiger charge is 2.13. The fourth-order valence-corrected chi connectivity index (χ4v) is 2.97. The normalized spacial score (nSPS) is 10.3. The number of Topliss-reactive ketones (excluding diaryl/α,β-unsaturated/α-hetero) is 1. The van der Waals surface area contributed by atoms with Gasteiger partial charge in [0.25, 0.3) is 0 Å². The molecule has 0 amide bonds. The monoisotopic (exact) mass is 295 g/mol. The highest BCUT2D eigenvalue weighted by molar-refractivity contribution is 9.10. The van der Waals surface area contributed by atoms with Crippen LogP contribution in [0, 0.1) is 0 Å². The number of ketones is 1. The van der Waals surface area contributed by atoms with Gasteiger partial charge in [-0.3, -0.25) is 4.79 Å². The van der Waals surface area contributed by atoms with E-state index >= 15 is 0 Å². The van der Waals surface area contributed by atoms with Gasteiger partial charge in [0.1, 0.15) is 0 Å². The van der Waals surface area contributed by atoms with Crippen LogP contribution in [0.3, 0.4) is 0 Å². The molecular weight excluding hydrogens is 286 g/mol. The van der Waals surface area contributed by atoms with E-state index in [0.717, 1.165) is 14.9 Å². The molecule has 0 unspecified atom stereocenters. The minimum Gasteiger partial charge on any atom is -0.398 e. The van der Waals surface area contributed by atoms with Crippen LogP contribution in [-0.4, -0.2) is 5.78 Å². The lowest BCUT2D eigenvalue weighted by Gasteiger charge is -2.03. The number of halogens is 1. The van der Waals surface area contributed by atoms with E-state index in [0.29, 0.717) is 12.1 Å². The van der Waals surface area contributed by atoms with E-state index in [1.165, 1.54) is 11.3 Å². The number of nitrogen functional groups attached to an aromatic ring is 1. The van der Waals surface area contributed by atoms with Gasteiger partial charge in [-0.15, -0.1) is 11.3 Å². The summed E-state index contributed by atoms with van der Waals surface area (Å²) in [5, 5.41) is 1.89. The molecule has 1 aromatic carbocycles. The zero-order chi connectivity index (χ0) is 11.5. The van der Waals surface area contributed by atoms with Gasteiger partial charge in [-0.25, -0.2) is 0 Å². The van der Waals surface area contributed by atoms with Crippen molar-refractivity contribution in [3.63, 3.8) is 0 Å². The van der Waals surface area contributed by atoms with E-state index in [4.69, 9.17) is 5.73 Å². The van der Waals surface area contributed by atoms with Crippen molar-refractivity contribution in [2.75, 3.05) is 5.73 Å². The summed E-state index contributed by atoms with van der Waals surface area (Å²) in [6, 6.07) is 9.33. The first-order valence-corrected chi connectivity index (χ1v) is 6.45. The third kappa shape index (κ3) is 2.33. The number of hydrogen-bond acceptors (Lipinski definition) is 3. The van der Waals surface area contributed by atoms with Gasteiger partial charge in [0.15, 0.2) is 5.78 Å². The second-order valence-electron chi connectivity index (χ2n) is 3.40. The largest absolute Gasteiger partial charge is 0.398 e. The molecule has 0 spiro atoms. The Bertz CT molecular complexity index is 521. The van der Waals surface area contributed by atoms with Gasteiger partial charge in [-0.1, -0.05) is 18.2 Å². The van der Waals surface area contributed by atoms with Crippen molar-refractivity contribution >= 4 is 38.7 Å². The summed E-state index contributed by atoms with van der Waals surface area (Å²) in [5.74, 6) is 0.0970. The molecule has 2 aromatic rings. The van der Waals surface area contributed by atoms with E-state index in [9.17, 15) is 4.79 Å². The minimum atomic E-state index is 0.0970. The summed E-state index contributed by atoms with van der Waals surface area (Å²) in [7, 11) is 0. The molecule has 0 saturated heterocycles. The number of carbonyl (C=O) groups excluding carboxylic acids is 1. The first-order valence-electron chi connectivity index (χ1n) is 4.78. The Hall–Kier alpha value is -1.13. The van der Waals surface area contributed by atoms with E-state index in [-0.39, 0.29) is 5.78 Å². The van der Waals surface area contributed by atoms with Crippen molar-refractivity contribution in [2.24, 2.45) is 0 Å². The van der Waals surface area contributed by atoms with E-state index in [2.05, 4.69) is 15.9 Å². The minimum absolute atomic E-state index is 0.0970. The zero-order valence-corrected chi connectivity index (χ0v) is 10.8. The number of nitrogens with two attached hydrogens (primary N) is 1. The number of hydrogen-bond donors (Lipinski definition) is 1. The summed E-state index contributed by atoms with van der Waals surface area (Å²) in [5.41, 5.74) is 7.35. The number of benzene rings is 1. The van der Waals surface area contributed by atoms with Crippen LogP contribution < -0.4 is 5.73 Å². The lowest BCUT2D eigenvalue weighted by atomic mass is 10.1. The molecule has 4 heteroatoms. The molecule has 2 N–H and O–H groups in total. The topological polar surface area (TPSA) is 43.1 Å². The van der Waals surface area contributed by atoms with Crippen molar-refractivity contribution in [1.29, 1.82) is 0 Å². The van der Waals surface area contributed by atoms with Crippen molar-refractivity contribution in [2.45, 2.75) is 6.42 Å². The quantitative estimate of drug-likeness (QED) is 0.695. The van der Waals surface area contributed by atoms with E-state index in [1.54, 1.807) is 0 Å². The fourth-order valence-electron chi connectivity index (χ4n) is 1.44. The molecule has 0 saturated carbocycles. The number of thiophene rings is 1. The van der Waals surface area contributed by atoms with Gasteiger partial charge < -0.3 is 5.73 Å². The maximum absolute atomic E-state index is 12.0. The molecule has 16 heavy (non-hydrogen) atoms. The van der Waals surface area contributed by atoms with Crippen molar-refractivity contribution in [3.05, 3.63) is 50.6 Å². The van der Waals surface area contributed by atoms with Gasteiger partial charge in [-0.05, 0) is 39.0 Å². The Balaban J connectivity index is 2.21. The molecule has 2 nitrogen and oxygen atoms in total. The average Bonchev–Trinajstić information content (AvgIpc) is 2.68. The number of para-hydroxylation sites is 1. The Labute approximate surface area is 106 Å². The Morgan fingerprint density at radius 1 is 1.31 bits per heavy atom. The zero-order valence-electron chi connectivity index (χ0n) is 8.44. The summed E-state index contributed by atoms with van der Waals surface area (Å²) in [6.45, 7) is 0. The summed E-state index contributed by atoms with van der Waals surface area (Å²) in [6.07, 6.45) is 0.353. The summed E-state index contributed by atoms with van der Waals surface area (Å²) < 4.78 is 0.858. The third-order valence-corrected chi connectivity index (χ3v) is 4.16. The number of anilines is 1. The van der Waals surface area contributed by atoms with Crippen molar-refractivity contribution < 1.29 is 4.79 Å². The number of carbonyl (C=O) groups is 1. The highest BCUT2D eigenvalue weighted by Crippen LogP contribution is 2.25. The molecule has 0 radical (unpaired) electrons. The third-order valence-electron chi connectivity index (χ3n) is 2.28. The lowest BCUT2D eigenvalue weighted by Crippen LogP contribution is -2.04. The average molecular weight is 296 g/mol. The first-order chi connectivity index (χ1) is 7.68. The van der Waals surface area contributed by atoms with Crippen molar-refractivity contribution in [3.8, 4) is 0 Å². The SMILES string of the molecule is Nc1ccccc1CC(=O)c1sccc1Br. The van der Waals surface area contributed by atoms with E-state index < -0.39 is 0 Å². The molecule has 1 aromatic heterocycles. The van der Waals surface area contributed by atoms with Crippen LogP contribution in [0.1, 0.15) is 15.2 Å². The van der Waals surface area contributed by atoms with Gasteiger partial charge in [0.2, 0.25) is 0 Å². The van der Waals surface area contributed by atoms with Gasteiger partial charge in [-0.2, -0.15) is 0 Å². The second-order valence-corrected chi connectivity index (χ2v) is 5.17. The summed E-state index contributed by atoms with van der Waals surface area (Å²) >= 11 is 4.80. The molecule has 0 aliphatic heterocycles. The molecule has 0 atom stereocenters. The molecule has 2 rings (SSSR count). The maximum atomic E-state index is 12.0. The van der Waals surface area contributed by atoms with Crippen LogP contribution in [0.15, 0.2) is 40.2 Å². The van der Waals surface area contributed by atoms with Gasteiger partial charge >= 0.3 is 0 Å². The highest BCUT2D eigenvalue weighted by atomic mass is 79.9. The summed E-state index contributed by atoms with van der Waals surface area (Å²) in [4.78, 5) is 12.7. The molecule has 0 aliphatic carbocycles. The van der Waals surface area contributed by atoms with Crippen LogP contribution in [-0.2, 0) is 6.42 Å². The fraction of sp³-hybridized carbons (Fsp3) is 0.0833.